The molecule has 4 atom stereocenters. The van der Waals surface area contributed by atoms with Crippen molar-refractivity contribution in [3.8, 4) is 0 Å². The number of carbonyl (C=O) groups excluding carboxylic acids is 3. The van der Waals surface area contributed by atoms with E-state index in [0.717, 1.165) is 17.0 Å². The first-order valence-electron chi connectivity index (χ1n) is 10.2. The highest BCUT2D eigenvalue weighted by Gasteiger charge is 2.61. The highest BCUT2D eigenvalue weighted by molar-refractivity contribution is 6.22. The SMILES string of the molecule is O=C1[C@@H]2[C@H]3CC[C@@H]([C@@H]2C(=O)N1c1cccc(C(F)(F)F)c1)N(C(=O)c1ccccc1)C3. The van der Waals surface area contributed by atoms with E-state index in [-0.39, 0.29) is 17.5 Å². The average molecular weight is 428 g/mol. The van der Waals surface area contributed by atoms with E-state index in [1.54, 1.807) is 35.2 Å². The molecule has 3 saturated heterocycles. The summed E-state index contributed by atoms with van der Waals surface area (Å²) in [6.45, 7) is 0.370. The first-order valence-corrected chi connectivity index (χ1v) is 10.2. The van der Waals surface area contributed by atoms with Gasteiger partial charge in [0, 0.05) is 18.2 Å². The van der Waals surface area contributed by atoms with E-state index in [4.69, 9.17) is 0 Å². The minimum absolute atomic E-state index is 0.0699. The predicted octanol–water partition coefficient (Wildman–Crippen LogP) is 3.75. The molecule has 2 bridgehead atoms. The molecule has 0 radical (unpaired) electrons. The number of halogens is 3. The van der Waals surface area contributed by atoms with Gasteiger partial charge in [0.2, 0.25) is 11.8 Å². The van der Waals surface area contributed by atoms with Crippen LogP contribution in [0.15, 0.2) is 54.6 Å². The Labute approximate surface area is 176 Å². The lowest BCUT2D eigenvalue weighted by molar-refractivity contribution is -0.137. The van der Waals surface area contributed by atoms with E-state index >= 15 is 0 Å². The van der Waals surface area contributed by atoms with Gasteiger partial charge in [0.1, 0.15) is 0 Å². The molecule has 8 heteroatoms. The number of rotatable bonds is 2. The second-order valence-corrected chi connectivity index (χ2v) is 8.34. The fourth-order valence-corrected chi connectivity index (χ4v) is 5.36. The van der Waals surface area contributed by atoms with Crippen molar-refractivity contribution in [2.45, 2.75) is 25.1 Å². The molecule has 0 unspecified atom stereocenters. The molecular weight excluding hydrogens is 409 g/mol. The Morgan fingerprint density at radius 3 is 2.32 bits per heavy atom. The van der Waals surface area contributed by atoms with Crippen LogP contribution in [0.3, 0.4) is 0 Å². The van der Waals surface area contributed by atoms with E-state index in [1.165, 1.54) is 12.1 Å². The minimum atomic E-state index is -4.58. The van der Waals surface area contributed by atoms with Crippen LogP contribution >= 0.6 is 0 Å². The average Bonchev–Trinajstić information content (AvgIpc) is 3.06. The molecule has 1 saturated carbocycles. The quantitative estimate of drug-likeness (QED) is 0.685. The van der Waals surface area contributed by atoms with Crippen molar-refractivity contribution in [3.63, 3.8) is 0 Å². The predicted molar refractivity (Wildman–Crippen MR) is 105 cm³/mol. The molecule has 0 spiro atoms. The van der Waals surface area contributed by atoms with E-state index in [0.29, 0.717) is 24.9 Å². The van der Waals surface area contributed by atoms with Gasteiger partial charge in [-0.2, -0.15) is 13.2 Å². The fraction of sp³-hybridized carbons (Fsp3) is 0.348. The van der Waals surface area contributed by atoms with Gasteiger partial charge in [0.25, 0.3) is 5.91 Å². The number of nitrogens with zero attached hydrogens (tertiary/aromatic N) is 2. The number of piperidine rings is 2. The van der Waals surface area contributed by atoms with Crippen LogP contribution in [0, 0.1) is 17.8 Å². The van der Waals surface area contributed by atoms with E-state index in [9.17, 15) is 27.6 Å². The van der Waals surface area contributed by atoms with Crippen molar-refractivity contribution in [2.75, 3.05) is 11.4 Å². The van der Waals surface area contributed by atoms with Gasteiger partial charge in [-0.15, -0.1) is 0 Å². The summed E-state index contributed by atoms with van der Waals surface area (Å²) in [7, 11) is 0. The topological polar surface area (TPSA) is 57.7 Å². The molecule has 0 N–H and O–H groups in total. The van der Waals surface area contributed by atoms with Crippen LogP contribution in [0.25, 0.3) is 0 Å². The third-order valence-electron chi connectivity index (χ3n) is 6.70. The second-order valence-electron chi connectivity index (χ2n) is 8.34. The summed E-state index contributed by atoms with van der Waals surface area (Å²) >= 11 is 0. The summed E-state index contributed by atoms with van der Waals surface area (Å²) in [4.78, 5) is 42.1. The summed E-state index contributed by atoms with van der Waals surface area (Å²) < 4.78 is 39.4. The Balaban J connectivity index is 1.48. The van der Waals surface area contributed by atoms with Crippen LogP contribution < -0.4 is 4.90 Å². The van der Waals surface area contributed by atoms with Gasteiger partial charge in [0.15, 0.2) is 0 Å². The number of anilines is 1. The molecule has 31 heavy (non-hydrogen) atoms. The zero-order valence-corrected chi connectivity index (χ0v) is 16.4. The van der Waals surface area contributed by atoms with Gasteiger partial charge in [-0.05, 0) is 49.1 Å². The second kappa shape index (κ2) is 6.93. The monoisotopic (exact) mass is 428 g/mol. The van der Waals surface area contributed by atoms with Crippen molar-refractivity contribution in [3.05, 3.63) is 65.7 Å². The maximum atomic E-state index is 13.3. The lowest BCUT2D eigenvalue weighted by atomic mass is 9.66. The molecule has 2 aromatic carbocycles. The molecule has 5 nitrogen and oxygen atoms in total. The highest BCUT2D eigenvalue weighted by atomic mass is 19.4. The van der Waals surface area contributed by atoms with Crippen molar-refractivity contribution in [2.24, 2.45) is 17.8 Å². The largest absolute Gasteiger partial charge is 0.416 e. The Bertz CT molecular complexity index is 1070. The molecule has 3 aliphatic heterocycles. The Morgan fingerprint density at radius 1 is 0.903 bits per heavy atom. The molecule has 0 aromatic heterocycles. The van der Waals surface area contributed by atoms with Crippen molar-refractivity contribution in [1.82, 2.24) is 4.90 Å². The maximum Gasteiger partial charge on any atom is 0.416 e. The molecule has 4 aliphatic rings. The summed E-state index contributed by atoms with van der Waals surface area (Å²) in [6, 6.07) is 12.6. The number of alkyl halides is 3. The zero-order valence-electron chi connectivity index (χ0n) is 16.4. The molecule has 160 valence electrons. The van der Waals surface area contributed by atoms with Crippen molar-refractivity contribution >= 4 is 23.4 Å². The third kappa shape index (κ3) is 3.04. The third-order valence-corrected chi connectivity index (χ3v) is 6.70. The van der Waals surface area contributed by atoms with Gasteiger partial charge in [0.05, 0.1) is 23.1 Å². The molecule has 2 aromatic rings. The molecular formula is C23H19F3N2O3. The molecule has 6 rings (SSSR count). The van der Waals surface area contributed by atoms with Gasteiger partial charge in [-0.25, -0.2) is 4.90 Å². The maximum absolute atomic E-state index is 13.3. The Hall–Kier alpha value is -3.16. The van der Waals surface area contributed by atoms with Gasteiger partial charge in [-0.3, -0.25) is 14.4 Å². The van der Waals surface area contributed by atoms with Crippen LogP contribution in [0.4, 0.5) is 18.9 Å². The summed E-state index contributed by atoms with van der Waals surface area (Å²) in [5.41, 5.74) is -0.470. The standard InChI is InChI=1S/C23H19F3N2O3/c24-23(25,26)15-7-4-8-16(11-15)28-21(30)18-14-9-10-17(19(18)22(28)31)27(12-14)20(29)13-5-2-1-3-6-13/h1-8,11,14,17-19H,9-10,12H2/t14-,17-,18+,19-/m0/s1. The molecule has 4 fully saturated rings. The fourth-order valence-electron chi connectivity index (χ4n) is 5.36. The lowest BCUT2D eigenvalue weighted by Gasteiger charge is -2.50. The number of benzene rings is 2. The first-order chi connectivity index (χ1) is 14.8. The summed E-state index contributed by atoms with van der Waals surface area (Å²) in [5, 5.41) is 0. The van der Waals surface area contributed by atoms with Crippen LogP contribution in [0.5, 0.6) is 0 Å². The number of hydrogen-bond donors (Lipinski definition) is 0. The Kier molecular flexibility index (Phi) is 4.42. The number of hydrogen-bond acceptors (Lipinski definition) is 3. The lowest BCUT2D eigenvalue weighted by Crippen LogP contribution is -2.60. The minimum Gasteiger partial charge on any atom is -0.335 e. The molecule has 3 heterocycles. The highest BCUT2D eigenvalue weighted by Crippen LogP contribution is 2.49. The Morgan fingerprint density at radius 2 is 1.61 bits per heavy atom. The van der Waals surface area contributed by atoms with Crippen LogP contribution in [-0.4, -0.2) is 35.2 Å². The number of amides is 3. The van der Waals surface area contributed by atoms with E-state index in [1.807, 2.05) is 0 Å². The van der Waals surface area contributed by atoms with Crippen molar-refractivity contribution < 1.29 is 27.6 Å². The van der Waals surface area contributed by atoms with Crippen molar-refractivity contribution in [1.29, 1.82) is 0 Å². The number of fused-ring (bicyclic) bond motifs is 2. The van der Waals surface area contributed by atoms with Gasteiger partial charge in [-0.1, -0.05) is 24.3 Å². The van der Waals surface area contributed by atoms with Crippen LogP contribution in [-0.2, 0) is 15.8 Å². The van der Waals surface area contributed by atoms with E-state index < -0.39 is 41.4 Å². The first kappa shape index (κ1) is 19.8. The van der Waals surface area contributed by atoms with Crippen LogP contribution in [0.2, 0.25) is 0 Å². The number of carbonyl (C=O) groups is 3. The van der Waals surface area contributed by atoms with Gasteiger partial charge >= 0.3 is 6.18 Å². The molecule has 1 aliphatic carbocycles. The van der Waals surface area contributed by atoms with Gasteiger partial charge < -0.3 is 4.90 Å². The van der Waals surface area contributed by atoms with E-state index in [2.05, 4.69) is 0 Å². The molecule has 3 amide bonds. The number of imide groups is 1. The summed E-state index contributed by atoms with van der Waals surface area (Å²) in [5.74, 6) is -2.67. The van der Waals surface area contributed by atoms with Crippen LogP contribution in [0.1, 0.15) is 28.8 Å². The smallest absolute Gasteiger partial charge is 0.335 e. The zero-order chi connectivity index (χ0) is 21.9. The summed E-state index contributed by atoms with van der Waals surface area (Å²) in [6.07, 6.45) is -3.27. The normalized spacial score (nSPS) is 27.6.